The number of hydrogen-bond donors (Lipinski definition) is 5. The summed E-state index contributed by atoms with van der Waals surface area (Å²) in [6, 6.07) is 15.7. The Kier molecular flexibility index (Phi) is 14.2. The van der Waals surface area contributed by atoms with Crippen LogP contribution in [0.2, 0.25) is 0 Å². The summed E-state index contributed by atoms with van der Waals surface area (Å²) >= 11 is 0. The predicted octanol–water partition coefficient (Wildman–Crippen LogP) is 8.52. The molecule has 8 rings (SSSR count). The Hall–Kier alpha value is -5.89. The van der Waals surface area contributed by atoms with Gasteiger partial charge >= 0.3 is 5.69 Å². The van der Waals surface area contributed by atoms with Crippen molar-refractivity contribution in [1.29, 1.82) is 0 Å². The number of H-pyrrole nitrogens is 1. The Balaban J connectivity index is 1.00. The van der Waals surface area contributed by atoms with E-state index in [-0.39, 0.29) is 51.8 Å². The third-order valence-corrected chi connectivity index (χ3v) is 15.6. The van der Waals surface area contributed by atoms with Crippen LogP contribution < -0.4 is 24.4 Å². The van der Waals surface area contributed by atoms with E-state index in [0.717, 1.165) is 69.2 Å². The number of nitrogens with one attached hydrogen (secondary N) is 3. The van der Waals surface area contributed by atoms with Gasteiger partial charge in [-0.3, -0.25) is 19.8 Å². The second-order valence-electron chi connectivity index (χ2n) is 19.6. The van der Waals surface area contributed by atoms with E-state index in [1.807, 2.05) is 37.6 Å². The van der Waals surface area contributed by atoms with Crippen molar-refractivity contribution in [3.05, 3.63) is 99.6 Å². The molecule has 0 radical (unpaired) electrons. The molecule has 0 bridgehead atoms. The number of benzene rings is 2. The van der Waals surface area contributed by atoms with Crippen molar-refractivity contribution >= 4 is 44.2 Å². The highest BCUT2D eigenvalue weighted by atomic mass is 32.2. The van der Waals surface area contributed by atoms with E-state index >= 15 is 0 Å². The summed E-state index contributed by atoms with van der Waals surface area (Å²) in [6.07, 6.45) is 9.64. The first kappa shape index (κ1) is 49.5. The average Bonchev–Trinajstić information content (AvgIpc) is 3.94. The Bertz CT molecular complexity index is 2800. The summed E-state index contributed by atoms with van der Waals surface area (Å²) in [6.45, 7) is 13.0. The molecule has 1 spiro atoms. The van der Waals surface area contributed by atoms with Crippen molar-refractivity contribution in [2.75, 3.05) is 49.5 Å². The van der Waals surface area contributed by atoms with Crippen molar-refractivity contribution in [3.63, 3.8) is 0 Å². The van der Waals surface area contributed by atoms with Gasteiger partial charge in [0, 0.05) is 68.8 Å². The number of likely N-dealkylation sites (tertiary alicyclic amines) is 1. The van der Waals surface area contributed by atoms with E-state index < -0.39 is 48.5 Å². The van der Waals surface area contributed by atoms with Gasteiger partial charge < -0.3 is 34.9 Å². The van der Waals surface area contributed by atoms with Gasteiger partial charge in [0.1, 0.15) is 22.1 Å². The molecule has 1 aliphatic carbocycles. The van der Waals surface area contributed by atoms with E-state index in [4.69, 9.17) is 9.47 Å². The van der Waals surface area contributed by atoms with Crippen LogP contribution in [0.5, 0.6) is 17.4 Å². The number of aromatic amines is 1. The predicted molar refractivity (Wildman–Crippen MR) is 260 cm³/mol. The second kappa shape index (κ2) is 19.8. The lowest BCUT2D eigenvalue weighted by Gasteiger charge is -2.57. The van der Waals surface area contributed by atoms with E-state index in [1.165, 1.54) is 17.7 Å². The van der Waals surface area contributed by atoms with Crippen LogP contribution in [0.15, 0.2) is 71.9 Å². The molecule has 19 heteroatoms. The molecule has 1 amide bonds. The maximum Gasteiger partial charge on any atom is 0.312 e. The van der Waals surface area contributed by atoms with E-state index in [0.29, 0.717) is 63.0 Å². The molecule has 3 aliphatic rings. The number of aliphatic hydroxyl groups is 2. The first-order valence-corrected chi connectivity index (χ1v) is 25.4. The van der Waals surface area contributed by atoms with Gasteiger partial charge in [0.25, 0.3) is 21.8 Å². The Morgan fingerprint density at radius 1 is 1.04 bits per heavy atom. The minimum Gasteiger partial charge on any atom is -0.475 e. The number of ether oxygens (including phenoxy) is 2. The SMILES string of the molecule is CCOc1nc2[nH]cc(F)c2cc1Oc1cc(N2CCC3(CC2)CN([C@H]2CCC[C@H]2c2ccccc2C(C)(C)O)C3)ccc1C(=O)NS(=O)(=O)c1cnc(NCCCC[C@](C)(O)CC)c([N+](=O)[O-])c1. The lowest BCUT2D eigenvalue weighted by Crippen LogP contribution is -2.63. The van der Waals surface area contributed by atoms with Crippen molar-refractivity contribution in [2.24, 2.45) is 5.41 Å². The van der Waals surface area contributed by atoms with Gasteiger partial charge in [-0.25, -0.2) is 22.5 Å². The molecule has 1 saturated carbocycles. The molecule has 3 atom stereocenters. The number of nitro groups is 1. The summed E-state index contributed by atoms with van der Waals surface area (Å²) in [5.74, 6) is -1.53. The maximum atomic E-state index is 14.9. The van der Waals surface area contributed by atoms with Gasteiger partial charge in [-0.05, 0) is 114 Å². The number of aromatic nitrogens is 3. The third kappa shape index (κ3) is 10.8. The largest absolute Gasteiger partial charge is 0.475 e. The fraction of sp³-hybridized carbons (Fsp3) is 0.500. The Labute approximate surface area is 402 Å². The van der Waals surface area contributed by atoms with Gasteiger partial charge in [0.2, 0.25) is 5.82 Å². The molecule has 370 valence electrons. The summed E-state index contributed by atoms with van der Waals surface area (Å²) in [5.41, 5.74) is 0.773. The van der Waals surface area contributed by atoms with Crippen molar-refractivity contribution < 1.29 is 42.2 Å². The standard InChI is InChI=1S/C50H63FN8O9S/c1-6-49(5,62)19-10-11-22-52-45-41(59(63)64)26-33(28-53-45)69(65,66)56-46(60)36-18-17-32(25-42(36)68-43-27-37-39(51)29-54-44(37)55-47(43)67-7-2)57-23-20-50(21-24-57)30-58(31-50)40-16-12-14-35(40)34-13-8-9-15-38(34)48(3,4)61/h8-9,13,15,17-18,25-29,35,40,61-62H,6-7,10-12,14,16,19-24,30-31H2,1-5H3,(H,52,53)(H,54,55)(H,56,60)/t35-,40-,49+/m0/s1. The van der Waals surface area contributed by atoms with E-state index in [9.17, 15) is 37.9 Å². The molecule has 3 fully saturated rings. The number of hydrogen-bond acceptors (Lipinski definition) is 14. The minimum atomic E-state index is -4.74. The number of nitrogens with zero attached hydrogens (tertiary/aromatic N) is 5. The van der Waals surface area contributed by atoms with Crippen LogP contribution in [-0.4, -0.2) is 100 Å². The molecule has 0 unspecified atom stereocenters. The molecule has 2 saturated heterocycles. The van der Waals surface area contributed by atoms with Crippen molar-refractivity contribution in [2.45, 2.75) is 120 Å². The number of amides is 1. The highest BCUT2D eigenvalue weighted by Crippen LogP contribution is 2.49. The van der Waals surface area contributed by atoms with E-state index in [1.54, 1.807) is 26.0 Å². The monoisotopic (exact) mass is 970 g/mol. The highest BCUT2D eigenvalue weighted by Gasteiger charge is 2.49. The molecule has 5 heterocycles. The first-order valence-electron chi connectivity index (χ1n) is 23.9. The summed E-state index contributed by atoms with van der Waals surface area (Å²) < 4.78 is 56.6. The smallest absolute Gasteiger partial charge is 0.312 e. The molecule has 3 aromatic heterocycles. The second-order valence-corrected chi connectivity index (χ2v) is 21.3. The fourth-order valence-electron chi connectivity index (χ4n) is 10.2. The summed E-state index contributed by atoms with van der Waals surface area (Å²) in [4.78, 5) is 40.9. The fourth-order valence-corrected chi connectivity index (χ4v) is 11.2. The normalized spacial score (nSPS) is 19.3. The number of fused-ring (bicyclic) bond motifs is 1. The number of carbonyl (C=O) groups excluding carboxylic acids is 1. The zero-order valence-electron chi connectivity index (χ0n) is 39.9. The Morgan fingerprint density at radius 3 is 2.51 bits per heavy atom. The zero-order chi connectivity index (χ0) is 49.3. The number of anilines is 2. The van der Waals surface area contributed by atoms with Crippen LogP contribution in [0.3, 0.4) is 0 Å². The van der Waals surface area contributed by atoms with Crippen LogP contribution in [0.1, 0.15) is 120 Å². The maximum absolute atomic E-state index is 14.9. The minimum absolute atomic E-state index is 0.0127. The van der Waals surface area contributed by atoms with Gasteiger partial charge in [-0.15, -0.1) is 0 Å². The average molecular weight is 971 g/mol. The number of sulfonamides is 1. The molecular formula is C50H63FN8O9S. The summed E-state index contributed by atoms with van der Waals surface area (Å²) in [5, 5.41) is 36.4. The number of unbranched alkanes of at least 4 members (excludes halogenated alkanes) is 1. The molecule has 2 aromatic carbocycles. The molecule has 17 nitrogen and oxygen atoms in total. The van der Waals surface area contributed by atoms with Crippen molar-refractivity contribution in [1.82, 2.24) is 24.6 Å². The molecule has 69 heavy (non-hydrogen) atoms. The number of rotatable bonds is 19. The van der Waals surface area contributed by atoms with Gasteiger partial charge in [-0.1, -0.05) is 37.6 Å². The first-order chi connectivity index (χ1) is 32.8. The van der Waals surface area contributed by atoms with Crippen LogP contribution in [0, 0.1) is 21.3 Å². The summed E-state index contributed by atoms with van der Waals surface area (Å²) in [7, 11) is -4.74. The lowest BCUT2D eigenvalue weighted by atomic mass is 9.70. The number of halogens is 1. The van der Waals surface area contributed by atoms with E-state index in [2.05, 4.69) is 42.2 Å². The van der Waals surface area contributed by atoms with Gasteiger partial charge in [0.05, 0.1) is 39.9 Å². The number of pyridine rings is 2. The topological polar surface area (TPSA) is 225 Å². The van der Waals surface area contributed by atoms with Gasteiger partial charge in [-0.2, -0.15) is 4.98 Å². The Morgan fingerprint density at radius 2 is 1.80 bits per heavy atom. The molecular weight excluding hydrogens is 908 g/mol. The number of carbonyl (C=O) groups is 1. The quantitative estimate of drug-likeness (QED) is 0.0297. The highest BCUT2D eigenvalue weighted by molar-refractivity contribution is 7.90. The van der Waals surface area contributed by atoms with Crippen molar-refractivity contribution in [3.8, 4) is 17.4 Å². The molecule has 5 N–H and O–H groups in total. The van der Waals surface area contributed by atoms with Crippen LogP contribution in [-0.2, 0) is 15.6 Å². The third-order valence-electron chi connectivity index (χ3n) is 14.3. The molecule has 2 aliphatic heterocycles. The zero-order valence-corrected chi connectivity index (χ0v) is 40.7. The van der Waals surface area contributed by atoms with Crippen LogP contribution in [0.25, 0.3) is 11.0 Å². The van der Waals surface area contributed by atoms with Crippen LogP contribution >= 0.6 is 0 Å². The lowest BCUT2D eigenvalue weighted by molar-refractivity contribution is -0.384. The molecule has 5 aromatic rings. The van der Waals surface area contributed by atoms with Gasteiger partial charge in [0.15, 0.2) is 5.75 Å². The van der Waals surface area contributed by atoms with Crippen LogP contribution in [0.4, 0.5) is 21.6 Å². The number of piperidine rings is 1.